The summed E-state index contributed by atoms with van der Waals surface area (Å²) in [5.74, 6) is 0.203. The van der Waals surface area contributed by atoms with Gasteiger partial charge in [-0.3, -0.25) is 4.79 Å². The number of rotatable bonds is 6. The maximum absolute atomic E-state index is 12.8. The monoisotopic (exact) mass is 350 g/mol. The SMILES string of the molecule is CC1(C)OB(CC(CC(=O)c2ccccc2)c2ccccc2)OC1(C)C. The average Bonchev–Trinajstić information content (AvgIpc) is 2.82. The van der Waals surface area contributed by atoms with E-state index in [1.54, 1.807) is 0 Å². The molecule has 1 fully saturated rings. The first-order valence-corrected chi connectivity index (χ1v) is 9.27. The smallest absolute Gasteiger partial charge is 0.403 e. The molecular weight excluding hydrogens is 323 g/mol. The van der Waals surface area contributed by atoms with Crippen molar-refractivity contribution in [2.24, 2.45) is 0 Å². The van der Waals surface area contributed by atoms with Crippen molar-refractivity contribution in [1.82, 2.24) is 0 Å². The Labute approximate surface area is 156 Å². The number of ketones is 1. The van der Waals surface area contributed by atoms with Crippen LogP contribution >= 0.6 is 0 Å². The molecular formula is C22H27BO3. The first-order chi connectivity index (χ1) is 12.3. The van der Waals surface area contributed by atoms with Crippen LogP contribution < -0.4 is 0 Å². The van der Waals surface area contributed by atoms with Crippen molar-refractivity contribution in [3.8, 4) is 0 Å². The highest BCUT2D eigenvalue weighted by molar-refractivity contribution is 6.45. The summed E-state index contributed by atoms with van der Waals surface area (Å²) in [7, 11) is -0.311. The van der Waals surface area contributed by atoms with Crippen molar-refractivity contribution in [3.63, 3.8) is 0 Å². The third kappa shape index (κ3) is 4.08. The van der Waals surface area contributed by atoms with E-state index in [0.717, 1.165) is 11.1 Å². The van der Waals surface area contributed by atoms with Crippen molar-refractivity contribution in [1.29, 1.82) is 0 Å². The minimum Gasteiger partial charge on any atom is -0.403 e. The summed E-state index contributed by atoms with van der Waals surface area (Å²) >= 11 is 0. The molecule has 1 aliphatic rings. The summed E-state index contributed by atoms with van der Waals surface area (Å²) in [4.78, 5) is 12.8. The third-order valence-corrected chi connectivity index (χ3v) is 5.58. The molecule has 0 radical (unpaired) electrons. The number of hydrogen-bond donors (Lipinski definition) is 0. The van der Waals surface area contributed by atoms with Crippen LogP contribution in [-0.4, -0.2) is 24.1 Å². The molecule has 2 aromatic rings. The van der Waals surface area contributed by atoms with E-state index in [4.69, 9.17) is 9.31 Å². The van der Waals surface area contributed by atoms with Crippen LogP contribution in [0.25, 0.3) is 0 Å². The molecule has 0 aromatic heterocycles. The topological polar surface area (TPSA) is 35.5 Å². The van der Waals surface area contributed by atoms with Crippen LogP contribution in [0.3, 0.4) is 0 Å². The molecule has 1 unspecified atom stereocenters. The van der Waals surface area contributed by atoms with Crippen LogP contribution in [0.4, 0.5) is 0 Å². The second kappa shape index (κ2) is 7.38. The van der Waals surface area contributed by atoms with Crippen molar-refractivity contribution in [2.75, 3.05) is 0 Å². The second-order valence-corrected chi connectivity index (χ2v) is 8.02. The summed E-state index contributed by atoms with van der Waals surface area (Å²) < 4.78 is 12.3. The molecule has 136 valence electrons. The fraction of sp³-hybridized carbons (Fsp3) is 0.409. The molecule has 0 N–H and O–H groups in total. The van der Waals surface area contributed by atoms with Gasteiger partial charge in [-0.2, -0.15) is 0 Å². The number of hydrogen-bond acceptors (Lipinski definition) is 3. The predicted molar refractivity (Wildman–Crippen MR) is 105 cm³/mol. The Balaban J connectivity index is 1.78. The van der Waals surface area contributed by atoms with E-state index in [2.05, 4.69) is 39.8 Å². The Morgan fingerprint density at radius 3 is 1.92 bits per heavy atom. The molecule has 1 saturated heterocycles. The van der Waals surface area contributed by atoms with Gasteiger partial charge in [0.1, 0.15) is 0 Å². The maximum Gasteiger partial charge on any atom is 0.458 e. The lowest BCUT2D eigenvalue weighted by atomic mass is 9.72. The molecule has 26 heavy (non-hydrogen) atoms. The largest absolute Gasteiger partial charge is 0.458 e. The fourth-order valence-electron chi connectivity index (χ4n) is 3.32. The van der Waals surface area contributed by atoms with Gasteiger partial charge >= 0.3 is 7.12 Å². The molecule has 3 nitrogen and oxygen atoms in total. The molecule has 3 rings (SSSR count). The van der Waals surface area contributed by atoms with Gasteiger partial charge in [0, 0.05) is 12.0 Å². The molecule has 0 spiro atoms. The maximum atomic E-state index is 12.8. The first kappa shape index (κ1) is 18.9. The van der Waals surface area contributed by atoms with Gasteiger partial charge in [-0.1, -0.05) is 60.7 Å². The lowest BCUT2D eigenvalue weighted by Crippen LogP contribution is -2.41. The number of Topliss-reactive ketones (excluding diaryl/α,β-unsaturated/α-hetero) is 1. The Bertz CT molecular complexity index is 724. The van der Waals surface area contributed by atoms with Crippen molar-refractivity contribution in [2.45, 2.75) is 57.6 Å². The lowest BCUT2D eigenvalue weighted by molar-refractivity contribution is 0.00578. The summed E-state index contributed by atoms with van der Waals surface area (Å²) in [6.07, 6.45) is 1.10. The number of benzene rings is 2. The quantitative estimate of drug-likeness (QED) is 0.535. The van der Waals surface area contributed by atoms with E-state index in [1.165, 1.54) is 0 Å². The fourth-order valence-corrected chi connectivity index (χ4v) is 3.32. The van der Waals surface area contributed by atoms with Crippen LogP contribution in [-0.2, 0) is 9.31 Å². The van der Waals surface area contributed by atoms with Crippen molar-refractivity contribution in [3.05, 3.63) is 71.8 Å². The Morgan fingerprint density at radius 1 is 0.885 bits per heavy atom. The van der Waals surface area contributed by atoms with Crippen LogP contribution in [0.1, 0.15) is 56.0 Å². The normalized spacial score (nSPS) is 19.3. The molecule has 0 amide bonds. The van der Waals surface area contributed by atoms with Crippen LogP contribution in [0.2, 0.25) is 6.32 Å². The Morgan fingerprint density at radius 2 is 1.38 bits per heavy atom. The molecule has 0 saturated carbocycles. The highest BCUT2D eigenvalue weighted by atomic mass is 16.7. The van der Waals surface area contributed by atoms with Crippen molar-refractivity contribution < 1.29 is 14.1 Å². The van der Waals surface area contributed by atoms with Gasteiger partial charge in [0.2, 0.25) is 0 Å². The highest BCUT2D eigenvalue weighted by Gasteiger charge is 2.51. The Hall–Kier alpha value is -1.91. The van der Waals surface area contributed by atoms with Gasteiger partial charge in [0.15, 0.2) is 5.78 Å². The van der Waals surface area contributed by atoms with E-state index in [0.29, 0.717) is 12.7 Å². The van der Waals surface area contributed by atoms with Crippen LogP contribution in [0, 0.1) is 0 Å². The summed E-state index contributed by atoms with van der Waals surface area (Å²) in [5, 5.41) is 0. The van der Waals surface area contributed by atoms with E-state index in [1.807, 2.05) is 48.5 Å². The zero-order valence-corrected chi connectivity index (χ0v) is 16.1. The molecule has 0 aliphatic carbocycles. The van der Waals surface area contributed by atoms with Gasteiger partial charge in [0.05, 0.1) is 11.2 Å². The van der Waals surface area contributed by atoms with E-state index in [-0.39, 0.29) is 30.0 Å². The zero-order valence-electron chi connectivity index (χ0n) is 16.1. The number of carbonyl (C=O) groups is 1. The molecule has 1 atom stereocenters. The van der Waals surface area contributed by atoms with Gasteiger partial charge in [-0.05, 0) is 45.5 Å². The van der Waals surface area contributed by atoms with Crippen LogP contribution in [0.5, 0.6) is 0 Å². The van der Waals surface area contributed by atoms with E-state index < -0.39 is 0 Å². The average molecular weight is 350 g/mol. The lowest BCUT2D eigenvalue weighted by Gasteiger charge is -2.32. The van der Waals surface area contributed by atoms with Gasteiger partial charge in [-0.25, -0.2) is 0 Å². The minimum absolute atomic E-state index is 0.0543. The van der Waals surface area contributed by atoms with Gasteiger partial charge in [-0.15, -0.1) is 0 Å². The minimum atomic E-state index is -0.359. The summed E-state index contributed by atoms with van der Waals surface area (Å²) in [5.41, 5.74) is 1.18. The van der Waals surface area contributed by atoms with Crippen molar-refractivity contribution >= 4 is 12.9 Å². The second-order valence-electron chi connectivity index (χ2n) is 8.02. The summed E-state index contributed by atoms with van der Waals surface area (Å²) in [6.45, 7) is 8.22. The molecule has 1 aliphatic heterocycles. The van der Waals surface area contributed by atoms with E-state index >= 15 is 0 Å². The predicted octanol–water partition coefficient (Wildman–Crippen LogP) is 5.14. The Kier molecular flexibility index (Phi) is 5.35. The highest BCUT2D eigenvalue weighted by Crippen LogP contribution is 2.40. The molecule has 1 heterocycles. The first-order valence-electron chi connectivity index (χ1n) is 9.27. The third-order valence-electron chi connectivity index (χ3n) is 5.58. The van der Waals surface area contributed by atoms with E-state index in [9.17, 15) is 4.79 Å². The molecule has 0 bridgehead atoms. The molecule has 2 aromatic carbocycles. The summed E-state index contributed by atoms with van der Waals surface area (Å²) in [6, 6.07) is 19.7. The van der Waals surface area contributed by atoms with Gasteiger partial charge in [0.25, 0.3) is 0 Å². The van der Waals surface area contributed by atoms with Gasteiger partial charge < -0.3 is 9.31 Å². The van der Waals surface area contributed by atoms with Crippen LogP contribution in [0.15, 0.2) is 60.7 Å². The number of carbonyl (C=O) groups excluding carboxylic acids is 1. The zero-order chi connectivity index (χ0) is 18.8. The molecule has 4 heteroatoms. The standard InChI is InChI=1S/C22H27BO3/c1-21(2)22(3,4)26-23(25-21)16-19(17-11-7-5-8-12-17)15-20(24)18-13-9-6-10-14-18/h5-14,19H,15-16H2,1-4H3.